The van der Waals surface area contributed by atoms with Crippen molar-refractivity contribution in [2.75, 3.05) is 13.2 Å². The number of amides is 1. The van der Waals surface area contributed by atoms with Crippen molar-refractivity contribution < 1.29 is 27.8 Å². The number of carbonyl (C=O) groups excluding carboxylic acids is 1. The molecule has 0 spiro atoms. The molecule has 2 N–H and O–H groups in total. The maximum atomic E-state index is 12.5. The van der Waals surface area contributed by atoms with Gasteiger partial charge in [-0.1, -0.05) is 6.92 Å². The molecule has 4 nitrogen and oxygen atoms in total. The zero-order valence-electron chi connectivity index (χ0n) is 15.9. The van der Waals surface area contributed by atoms with Crippen LogP contribution >= 0.6 is 0 Å². The summed E-state index contributed by atoms with van der Waals surface area (Å²) in [6, 6.07) is 7.47. The molecule has 0 aliphatic rings. The molecule has 0 aliphatic carbocycles. The van der Waals surface area contributed by atoms with Gasteiger partial charge in [-0.05, 0) is 73.7 Å². The minimum atomic E-state index is -4.41. The van der Waals surface area contributed by atoms with Crippen LogP contribution in [0.25, 0.3) is 0 Å². The first-order valence-electron chi connectivity index (χ1n) is 9.13. The number of unbranched alkanes of at least 4 members (excludes halogenated alkanes) is 1. The molecule has 2 aromatic carbocycles. The van der Waals surface area contributed by atoms with Gasteiger partial charge < -0.3 is 15.2 Å². The monoisotopic (exact) mass is 395 g/mol. The summed E-state index contributed by atoms with van der Waals surface area (Å²) < 4.78 is 43.4. The number of halogens is 3. The molecular formula is C21H24F3NO3. The Morgan fingerprint density at radius 2 is 1.82 bits per heavy atom. The van der Waals surface area contributed by atoms with Crippen LogP contribution in [-0.2, 0) is 12.6 Å². The second-order valence-corrected chi connectivity index (χ2v) is 6.49. The van der Waals surface area contributed by atoms with Crippen LogP contribution in [-0.4, -0.2) is 24.2 Å². The minimum absolute atomic E-state index is 0.191. The Morgan fingerprint density at radius 3 is 2.43 bits per heavy atom. The fourth-order valence-corrected chi connectivity index (χ4v) is 2.81. The van der Waals surface area contributed by atoms with E-state index >= 15 is 0 Å². The number of rotatable bonds is 8. The number of phenolic OH excluding ortho intramolecular Hbond substituents is 1. The molecule has 152 valence electrons. The van der Waals surface area contributed by atoms with E-state index < -0.39 is 17.6 Å². The molecule has 0 atom stereocenters. The Morgan fingerprint density at radius 1 is 1.14 bits per heavy atom. The minimum Gasteiger partial charge on any atom is -0.508 e. The van der Waals surface area contributed by atoms with Crippen molar-refractivity contribution in [3.8, 4) is 11.5 Å². The van der Waals surface area contributed by atoms with Gasteiger partial charge in [0.1, 0.15) is 11.5 Å². The van der Waals surface area contributed by atoms with Crippen LogP contribution in [0.5, 0.6) is 11.5 Å². The third kappa shape index (κ3) is 5.90. The van der Waals surface area contributed by atoms with Crippen molar-refractivity contribution in [3.63, 3.8) is 0 Å². The molecule has 0 fully saturated rings. The van der Waals surface area contributed by atoms with E-state index in [2.05, 4.69) is 5.32 Å². The van der Waals surface area contributed by atoms with E-state index in [0.29, 0.717) is 26.0 Å². The van der Waals surface area contributed by atoms with Gasteiger partial charge >= 0.3 is 6.18 Å². The van der Waals surface area contributed by atoms with Crippen molar-refractivity contribution in [1.29, 1.82) is 0 Å². The number of ether oxygens (including phenoxy) is 1. The van der Waals surface area contributed by atoms with Crippen LogP contribution in [0.3, 0.4) is 0 Å². The number of nitrogens with one attached hydrogen (secondary N) is 1. The topological polar surface area (TPSA) is 58.6 Å². The molecule has 0 saturated heterocycles. The van der Waals surface area contributed by atoms with Crippen LogP contribution in [0.2, 0.25) is 0 Å². The Bertz CT molecular complexity index is 802. The van der Waals surface area contributed by atoms with Gasteiger partial charge in [0.05, 0.1) is 12.2 Å². The number of hydrogen-bond donors (Lipinski definition) is 2. The molecule has 0 heterocycles. The maximum Gasteiger partial charge on any atom is 0.416 e. The Hall–Kier alpha value is -2.70. The summed E-state index contributed by atoms with van der Waals surface area (Å²) >= 11 is 0. The van der Waals surface area contributed by atoms with Gasteiger partial charge in [-0.2, -0.15) is 13.2 Å². The molecule has 0 unspecified atom stereocenters. The second kappa shape index (κ2) is 9.48. The third-order valence-corrected chi connectivity index (χ3v) is 4.29. The number of carbonyl (C=O) groups is 1. The van der Waals surface area contributed by atoms with Crippen molar-refractivity contribution in [3.05, 3.63) is 58.7 Å². The predicted octanol–water partition coefficient (Wildman–Crippen LogP) is 4.87. The lowest BCUT2D eigenvalue weighted by atomic mass is 10.1. The van der Waals surface area contributed by atoms with E-state index in [0.717, 1.165) is 35.4 Å². The number of alkyl halides is 3. The highest BCUT2D eigenvalue weighted by atomic mass is 19.4. The standard InChI is InChI=1S/C21H24F3NO3/c1-3-15-13-18(26)12-14(2)19(15)28-11-5-4-10-25-20(27)16-6-8-17(9-7-16)21(22,23)24/h6-9,12-13,26H,3-5,10-11H2,1-2H3,(H,25,27). The first kappa shape index (κ1) is 21.6. The normalized spacial score (nSPS) is 11.3. The maximum absolute atomic E-state index is 12.5. The molecule has 0 aliphatic heterocycles. The van der Waals surface area contributed by atoms with Gasteiger partial charge in [0.15, 0.2) is 0 Å². The highest BCUT2D eigenvalue weighted by Gasteiger charge is 2.30. The van der Waals surface area contributed by atoms with Crippen molar-refractivity contribution in [2.45, 2.75) is 39.3 Å². The number of phenols is 1. The summed E-state index contributed by atoms with van der Waals surface area (Å²) in [6.07, 6.45) is -2.29. The molecular weight excluding hydrogens is 371 g/mol. The van der Waals surface area contributed by atoms with Crippen molar-refractivity contribution >= 4 is 5.91 Å². The van der Waals surface area contributed by atoms with E-state index in [4.69, 9.17) is 4.74 Å². The molecule has 7 heteroatoms. The number of aryl methyl sites for hydroxylation is 2. The fourth-order valence-electron chi connectivity index (χ4n) is 2.81. The van der Waals surface area contributed by atoms with Gasteiger partial charge in [0.25, 0.3) is 5.91 Å². The molecule has 1 amide bonds. The molecule has 2 aromatic rings. The average Bonchev–Trinajstić information content (AvgIpc) is 2.64. The molecule has 0 bridgehead atoms. The average molecular weight is 395 g/mol. The number of aromatic hydroxyl groups is 1. The largest absolute Gasteiger partial charge is 0.508 e. The summed E-state index contributed by atoms with van der Waals surface area (Å²) in [5.74, 6) is 0.582. The van der Waals surface area contributed by atoms with Crippen molar-refractivity contribution in [1.82, 2.24) is 5.32 Å². The number of benzene rings is 2. The van der Waals surface area contributed by atoms with E-state index in [-0.39, 0.29) is 11.3 Å². The van der Waals surface area contributed by atoms with E-state index in [1.807, 2.05) is 13.8 Å². The lowest BCUT2D eigenvalue weighted by molar-refractivity contribution is -0.137. The van der Waals surface area contributed by atoms with Gasteiger partial charge in [0, 0.05) is 12.1 Å². The van der Waals surface area contributed by atoms with Crippen LogP contribution in [0.1, 0.15) is 46.8 Å². The van der Waals surface area contributed by atoms with E-state index in [1.165, 1.54) is 12.1 Å². The lowest BCUT2D eigenvalue weighted by Gasteiger charge is -2.14. The van der Waals surface area contributed by atoms with Gasteiger partial charge in [0.2, 0.25) is 0 Å². The first-order valence-corrected chi connectivity index (χ1v) is 9.13. The Labute approximate surface area is 162 Å². The second-order valence-electron chi connectivity index (χ2n) is 6.49. The molecule has 0 radical (unpaired) electrons. The van der Waals surface area contributed by atoms with Crippen LogP contribution in [0.15, 0.2) is 36.4 Å². The highest BCUT2D eigenvalue weighted by molar-refractivity contribution is 5.94. The Balaban J connectivity index is 1.74. The van der Waals surface area contributed by atoms with E-state index in [9.17, 15) is 23.1 Å². The molecule has 2 rings (SSSR count). The smallest absolute Gasteiger partial charge is 0.416 e. The summed E-state index contributed by atoms with van der Waals surface area (Å²) in [5, 5.41) is 12.3. The SMILES string of the molecule is CCc1cc(O)cc(C)c1OCCCCNC(=O)c1ccc(C(F)(F)F)cc1. The third-order valence-electron chi connectivity index (χ3n) is 4.29. The summed E-state index contributed by atoms with van der Waals surface area (Å²) in [7, 11) is 0. The Kier molecular flexibility index (Phi) is 7.31. The quantitative estimate of drug-likeness (QED) is 0.627. The fraction of sp³-hybridized carbons (Fsp3) is 0.381. The van der Waals surface area contributed by atoms with Crippen LogP contribution in [0, 0.1) is 6.92 Å². The van der Waals surface area contributed by atoms with Gasteiger partial charge in [-0.3, -0.25) is 4.79 Å². The summed E-state index contributed by atoms with van der Waals surface area (Å²) in [6.45, 7) is 4.73. The van der Waals surface area contributed by atoms with E-state index in [1.54, 1.807) is 12.1 Å². The molecule has 0 saturated carbocycles. The summed E-state index contributed by atoms with van der Waals surface area (Å²) in [5.41, 5.74) is 1.22. The predicted molar refractivity (Wildman–Crippen MR) is 101 cm³/mol. The number of hydrogen-bond acceptors (Lipinski definition) is 3. The van der Waals surface area contributed by atoms with Gasteiger partial charge in [-0.25, -0.2) is 0 Å². The highest BCUT2D eigenvalue weighted by Crippen LogP contribution is 2.30. The van der Waals surface area contributed by atoms with Crippen LogP contribution in [0.4, 0.5) is 13.2 Å². The lowest BCUT2D eigenvalue weighted by Crippen LogP contribution is -2.24. The summed E-state index contributed by atoms with van der Waals surface area (Å²) in [4.78, 5) is 12.0. The molecule has 28 heavy (non-hydrogen) atoms. The van der Waals surface area contributed by atoms with Crippen LogP contribution < -0.4 is 10.1 Å². The zero-order chi connectivity index (χ0) is 20.7. The first-order chi connectivity index (χ1) is 13.2. The van der Waals surface area contributed by atoms with Gasteiger partial charge in [-0.15, -0.1) is 0 Å². The van der Waals surface area contributed by atoms with Crippen molar-refractivity contribution in [2.24, 2.45) is 0 Å². The zero-order valence-corrected chi connectivity index (χ0v) is 15.9. The molecule has 0 aromatic heterocycles.